The van der Waals surface area contributed by atoms with Crippen molar-refractivity contribution in [1.29, 1.82) is 0 Å². The normalized spacial score (nSPS) is 11.9. The van der Waals surface area contributed by atoms with Crippen molar-refractivity contribution in [3.63, 3.8) is 0 Å². The summed E-state index contributed by atoms with van der Waals surface area (Å²) in [6, 6.07) is 13.6. The molecule has 0 bridgehead atoms. The van der Waals surface area contributed by atoms with Gasteiger partial charge in [-0.25, -0.2) is 0 Å². The summed E-state index contributed by atoms with van der Waals surface area (Å²) in [6.07, 6.45) is -0.260. The van der Waals surface area contributed by atoms with E-state index in [4.69, 9.17) is 4.74 Å². The van der Waals surface area contributed by atoms with Crippen LogP contribution in [0.5, 0.6) is 5.75 Å². The standard InChI is InChI=1S/C21H23BrN4O2S/c1-13-10-17(22)18(11-14(13)2)23-19(27)12-29-21-25-24-20(26(21)4)15(3)28-16-8-6-5-7-9-16/h5-11,15H,12H2,1-4H3,(H,23,27)/t15-/m1/s1. The summed E-state index contributed by atoms with van der Waals surface area (Å²) < 4.78 is 8.64. The van der Waals surface area contributed by atoms with E-state index in [0.717, 1.165) is 21.5 Å². The lowest BCUT2D eigenvalue weighted by molar-refractivity contribution is -0.113. The van der Waals surface area contributed by atoms with E-state index in [0.29, 0.717) is 11.0 Å². The van der Waals surface area contributed by atoms with Crippen LogP contribution in [0.2, 0.25) is 0 Å². The highest BCUT2D eigenvalue weighted by atomic mass is 79.9. The molecule has 1 N–H and O–H groups in total. The van der Waals surface area contributed by atoms with Crippen LogP contribution < -0.4 is 10.1 Å². The Labute approximate surface area is 183 Å². The van der Waals surface area contributed by atoms with E-state index in [-0.39, 0.29) is 17.8 Å². The summed E-state index contributed by atoms with van der Waals surface area (Å²) >= 11 is 4.84. The molecule has 0 radical (unpaired) electrons. The van der Waals surface area contributed by atoms with Gasteiger partial charge in [0.2, 0.25) is 5.91 Å². The summed E-state index contributed by atoms with van der Waals surface area (Å²) in [5, 5.41) is 12.1. The molecule has 29 heavy (non-hydrogen) atoms. The molecule has 1 atom stereocenters. The first-order chi connectivity index (χ1) is 13.8. The van der Waals surface area contributed by atoms with Crippen molar-refractivity contribution >= 4 is 39.3 Å². The Bertz CT molecular complexity index is 1010. The average Bonchev–Trinajstić information content (AvgIpc) is 3.06. The summed E-state index contributed by atoms with van der Waals surface area (Å²) in [4.78, 5) is 12.4. The fourth-order valence-corrected chi connectivity index (χ4v) is 4.03. The largest absolute Gasteiger partial charge is 0.483 e. The van der Waals surface area contributed by atoms with Crippen LogP contribution in [0, 0.1) is 13.8 Å². The Kier molecular flexibility index (Phi) is 6.97. The molecule has 6 nitrogen and oxygen atoms in total. The molecule has 8 heteroatoms. The Balaban J connectivity index is 1.60. The average molecular weight is 475 g/mol. The zero-order valence-electron chi connectivity index (χ0n) is 16.8. The first kappa shape index (κ1) is 21.4. The van der Waals surface area contributed by atoms with E-state index in [1.165, 1.54) is 17.3 Å². The minimum absolute atomic E-state index is 0.0999. The maximum Gasteiger partial charge on any atom is 0.234 e. The van der Waals surface area contributed by atoms with Gasteiger partial charge in [-0.2, -0.15) is 0 Å². The lowest BCUT2D eigenvalue weighted by atomic mass is 10.1. The number of para-hydroxylation sites is 1. The molecule has 1 heterocycles. The Morgan fingerprint density at radius 1 is 1.21 bits per heavy atom. The number of anilines is 1. The number of thioether (sulfide) groups is 1. The topological polar surface area (TPSA) is 69.0 Å². The molecule has 0 aliphatic rings. The van der Waals surface area contributed by atoms with Crippen molar-refractivity contribution < 1.29 is 9.53 Å². The van der Waals surface area contributed by atoms with Gasteiger partial charge >= 0.3 is 0 Å². The third-order valence-corrected chi connectivity index (χ3v) is 6.15. The minimum Gasteiger partial charge on any atom is -0.483 e. The van der Waals surface area contributed by atoms with Gasteiger partial charge < -0.3 is 14.6 Å². The number of aromatic nitrogens is 3. The van der Waals surface area contributed by atoms with Crippen LogP contribution >= 0.6 is 27.7 Å². The van der Waals surface area contributed by atoms with E-state index in [9.17, 15) is 4.79 Å². The van der Waals surface area contributed by atoms with Crippen LogP contribution in [0.25, 0.3) is 0 Å². The summed E-state index contributed by atoms with van der Waals surface area (Å²) in [7, 11) is 1.88. The number of aryl methyl sites for hydroxylation is 2. The quantitative estimate of drug-likeness (QED) is 0.484. The lowest BCUT2D eigenvalue weighted by Gasteiger charge is -2.14. The second kappa shape index (κ2) is 9.45. The van der Waals surface area contributed by atoms with Crippen molar-refractivity contribution in [1.82, 2.24) is 14.8 Å². The molecule has 0 saturated carbocycles. The van der Waals surface area contributed by atoms with Gasteiger partial charge in [-0.3, -0.25) is 4.79 Å². The van der Waals surface area contributed by atoms with Crippen LogP contribution in [-0.4, -0.2) is 26.4 Å². The predicted octanol–water partition coefficient (Wildman–Crippen LogP) is 5.07. The molecule has 3 rings (SSSR count). The molecule has 0 aliphatic heterocycles. The molecule has 1 amide bonds. The maximum atomic E-state index is 12.4. The van der Waals surface area contributed by atoms with Gasteiger partial charge in [-0.05, 0) is 72.1 Å². The van der Waals surface area contributed by atoms with Crippen molar-refractivity contribution in [2.75, 3.05) is 11.1 Å². The maximum absolute atomic E-state index is 12.4. The van der Waals surface area contributed by atoms with E-state index >= 15 is 0 Å². The molecule has 0 fully saturated rings. The van der Waals surface area contributed by atoms with Crippen LogP contribution in [0.15, 0.2) is 52.1 Å². The van der Waals surface area contributed by atoms with Gasteiger partial charge in [0.25, 0.3) is 0 Å². The molecule has 0 spiro atoms. The van der Waals surface area contributed by atoms with E-state index in [2.05, 4.69) is 31.4 Å². The van der Waals surface area contributed by atoms with Crippen LogP contribution in [0.4, 0.5) is 5.69 Å². The molecule has 3 aromatic rings. The molecule has 152 valence electrons. The Morgan fingerprint density at radius 2 is 1.90 bits per heavy atom. The Morgan fingerprint density at radius 3 is 2.62 bits per heavy atom. The van der Waals surface area contributed by atoms with Gasteiger partial charge in [0.05, 0.1) is 11.4 Å². The third-order valence-electron chi connectivity index (χ3n) is 4.48. The number of halogens is 1. The predicted molar refractivity (Wildman–Crippen MR) is 119 cm³/mol. The van der Waals surface area contributed by atoms with Crippen LogP contribution in [0.3, 0.4) is 0 Å². The first-order valence-electron chi connectivity index (χ1n) is 9.15. The van der Waals surface area contributed by atoms with Gasteiger partial charge in [-0.15, -0.1) is 10.2 Å². The van der Waals surface area contributed by atoms with Gasteiger partial charge in [0.1, 0.15) is 5.75 Å². The summed E-state index contributed by atoms with van der Waals surface area (Å²) in [6.45, 7) is 5.98. The number of nitrogens with zero attached hydrogens (tertiary/aromatic N) is 3. The van der Waals surface area contributed by atoms with Crippen LogP contribution in [0.1, 0.15) is 30.0 Å². The first-order valence-corrected chi connectivity index (χ1v) is 10.9. The number of carbonyl (C=O) groups excluding carboxylic acids is 1. The summed E-state index contributed by atoms with van der Waals surface area (Å²) in [5.74, 6) is 1.61. The van der Waals surface area contributed by atoms with Crippen LogP contribution in [-0.2, 0) is 11.8 Å². The fraction of sp³-hybridized carbons (Fsp3) is 0.286. The minimum atomic E-state index is -0.260. The van der Waals surface area contributed by atoms with E-state index < -0.39 is 0 Å². The van der Waals surface area contributed by atoms with Crippen molar-refractivity contribution in [3.05, 3.63) is 63.9 Å². The number of nitrogens with one attached hydrogen (secondary N) is 1. The van der Waals surface area contributed by atoms with Gasteiger partial charge in [-0.1, -0.05) is 30.0 Å². The molecule has 1 aromatic heterocycles. The molecule has 2 aromatic carbocycles. The zero-order valence-corrected chi connectivity index (χ0v) is 19.2. The number of hydrogen-bond donors (Lipinski definition) is 1. The molecular formula is C21H23BrN4O2S. The van der Waals surface area contributed by atoms with E-state index in [1.54, 1.807) is 0 Å². The highest BCUT2D eigenvalue weighted by Gasteiger charge is 2.18. The van der Waals surface area contributed by atoms with Gasteiger partial charge in [0, 0.05) is 11.5 Å². The van der Waals surface area contributed by atoms with Crippen molar-refractivity contribution in [3.8, 4) is 5.75 Å². The van der Waals surface area contributed by atoms with Crippen molar-refractivity contribution in [2.24, 2.45) is 7.05 Å². The van der Waals surface area contributed by atoms with Crippen molar-refractivity contribution in [2.45, 2.75) is 32.0 Å². The van der Waals surface area contributed by atoms with Gasteiger partial charge in [0.15, 0.2) is 17.1 Å². The zero-order chi connectivity index (χ0) is 21.0. The Hall–Kier alpha value is -2.32. The highest BCUT2D eigenvalue weighted by Crippen LogP contribution is 2.27. The number of benzene rings is 2. The number of rotatable bonds is 7. The molecule has 0 saturated heterocycles. The fourth-order valence-electron chi connectivity index (χ4n) is 2.75. The monoisotopic (exact) mass is 474 g/mol. The smallest absolute Gasteiger partial charge is 0.234 e. The SMILES string of the molecule is Cc1cc(Br)c(NC(=O)CSc2nnc([C@@H](C)Oc3ccccc3)n2C)cc1C. The number of ether oxygens (including phenoxy) is 1. The highest BCUT2D eigenvalue weighted by molar-refractivity contribution is 9.10. The second-order valence-corrected chi connectivity index (χ2v) is 8.52. The molecular weight excluding hydrogens is 452 g/mol. The lowest BCUT2D eigenvalue weighted by Crippen LogP contribution is -2.15. The second-order valence-electron chi connectivity index (χ2n) is 6.73. The van der Waals surface area contributed by atoms with E-state index in [1.807, 2.05) is 74.9 Å². The number of hydrogen-bond acceptors (Lipinski definition) is 5. The summed E-state index contributed by atoms with van der Waals surface area (Å²) in [5.41, 5.74) is 3.06. The number of carbonyl (C=O) groups is 1. The molecule has 0 aliphatic carbocycles. The third kappa shape index (κ3) is 5.39. The number of amides is 1. The molecule has 0 unspecified atom stereocenters.